The molecule has 1 aromatic carbocycles. The van der Waals surface area contributed by atoms with Crippen molar-refractivity contribution < 1.29 is 29.3 Å². The summed E-state index contributed by atoms with van der Waals surface area (Å²) < 4.78 is 5.07. The SMILES string of the molecule is COc1ccc(NC(=O)CN2CCCCC2)cc1.O=C(O)C(=O)O. The van der Waals surface area contributed by atoms with Crippen molar-refractivity contribution in [3.8, 4) is 5.75 Å². The number of benzene rings is 1. The van der Waals surface area contributed by atoms with Gasteiger partial charge in [-0.3, -0.25) is 9.69 Å². The number of methoxy groups -OCH3 is 1. The molecule has 0 aliphatic carbocycles. The highest BCUT2D eigenvalue weighted by Crippen LogP contribution is 2.15. The molecule has 0 aromatic heterocycles. The molecule has 1 fully saturated rings. The van der Waals surface area contributed by atoms with Gasteiger partial charge >= 0.3 is 11.9 Å². The highest BCUT2D eigenvalue weighted by atomic mass is 16.5. The summed E-state index contributed by atoms with van der Waals surface area (Å²) in [7, 11) is 1.63. The highest BCUT2D eigenvalue weighted by Gasteiger charge is 2.13. The van der Waals surface area contributed by atoms with Crippen LogP contribution in [0.3, 0.4) is 0 Å². The van der Waals surface area contributed by atoms with Gasteiger partial charge < -0.3 is 20.3 Å². The van der Waals surface area contributed by atoms with Crippen LogP contribution in [0.4, 0.5) is 5.69 Å². The smallest absolute Gasteiger partial charge is 0.414 e. The fraction of sp³-hybridized carbons (Fsp3) is 0.438. The van der Waals surface area contributed by atoms with E-state index in [2.05, 4.69) is 10.2 Å². The predicted octanol–water partition coefficient (Wildman–Crippen LogP) is 1.28. The number of amides is 1. The van der Waals surface area contributed by atoms with Gasteiger partial charge in [-0.1, -0.05) is 6.42 Å². The molecule has 1 heterocycles. The number of ether oxygens (including phenoxy) is 1. The Morgan fingerprint density at radius 1 is 1.04 bits per heavy atom. The summed E-state index contributed by atoms with van der Waals surface area (Å²) in [4.78, 5) is 32.3. The van der Waals surface area contributed by atoms with Crippen LogP contribution >= 0.6 is 0 Å². The zero-order chi connectivity index (χ0) is 17.9. The molecule has 1 aliphatic rings. The fourth-order valence-electron chi connectivity index (χ4n) is 2.20. The molecule has 0 saturated carbocycles. The molecule has 0 bridgehead atoms. The van der Waals surface area contributed by atoms with Gasteiger partial charge in [0.1, 0.15) is 5.75 Å². The maximum absolute atomic E-state index is 11.9. The number of hydrogen-bond donors (Lipinski definition) is 3. The number of piperidine rings is 1. The van der Waals surface area contributed by atoms with Crippen LogP contribution in [0.25, 0.3) is 0 Å². The van der Waals surface area contributed by atoms with Gasteiger partial charge in [0.15, 0.2) is 0 Å². The second kappa shape index (κ2) is 10.2. The molecule has 0 radical (unpaired) electrons. The van der Waals surface area contributed by atoms with Gasteiger partial charge in [0, 0.05) is 5.69 Å². The number of carboxylic acids is 2. The van der Waals surface area contributed by atoms with E-state index in [1.165, 1.54) is 19.3 Å². The number of hydrogen-bond acceptors (Lipinski definition) is 5. The average molecular weight is 338 g/mol. The molecule has 24 heavy (non-hydrogen) atoms. The topological polar surface area (TPSA) is 116 Å². The second-order valence-electron chi connectivity index (χ2n) is 5.22. The van der Waals surface area contributed by atoms with Crippen LogP contribution in [0.15, 0.2) is 24.3 Å². The first kappa shape index (κ1) is 19.4. The molecular weight excluding hydrogens is 316 g/mol. The first-order chi connectivity index (χ1) is 11.4. The minimum Gasteiger partial charge on any atom is -0.497 e. The maximum atomic E-state index is 11.9. The van der Waals surface area contributed by atoms with Crippen molar-refractivity contribution in [2.24, 2.45) is 0 Å². The first-order valence-electron chi connectivity index (χ1n) is 7.55. The number of rotatable bonds is 4. The van der Waals surface area contributed by atoms with Crippen molar-refractivity contribution in [1.82, 2.24) is 4.90 Å². The molecule has 0 spiro atoms. The van der Waals surface area contributed by atoms with Crippen LogP contribution in [-0.2, 0) is 14.4 Å². The summed E-state index contributed by atoms with van der Waals surface area (Å²) in [6.07, 6.45) is 3.70. The van der Waals surface area contributed by atoms with Gasteiger partial charge in [-0.15, -0.1) is 0 Å². The standard InChI is InChI=1S/C14H20N2O2.C2H2O4/c1-18-13-7-5-12(6-8-13)15-14(17)11-16-9-3-2-4-10-16;3-1(4)2(5)6/h5-8H,2-4,9-11H2,1H3,(H,15,17);(H,3,4)(H,5,6). The number of carbonyl (C=O) groups is 3. The van der Waals surface area contributed by atoms with Gasteiger partial charge in [0.25, 0.3) is 0 Å². The van der Waals surface area contributed by atoms with Gasteiger partial charge in [-0.25, -0.2) is 9.59 Å². The lowest BCUT2D eigenvalue weighted by molar-refractivity contribution is -0.159. The van der Waals surface area contributed by atoms with Crippen LogP contribution in [0, 0.1) is 0 Å². The number of likely N-dealkylation sites (tertiary alicyclic amines) is 1. The summed E-state index contributed by atoms with van der Waals surface area (Å²) in [6, 6.07) is 7.40. The quantitative estimate of drug-likeness (QED) is 0.708. The van der Waals surface area contributed by atoms with Crippen LogP contribution in [0.2, 0.25) is 0 Å². The lowest BCUT2D eigenvalue weighted by Crippen LogP contribution is -2.36. The predicted molar refractivity (Wildman–Crippen MR) is 87.2 cm³/mol. The molecule has 3 N–H and O–H groups in total. The van der Waals surface area contributed by atoms with E-state index >= 15 is 0 Å². The first-order valence-corrected chi connectivity index (χ1v) is 7.55. The van der Waals surface area contributed by atoms with Crippen LogP contribution in [0.1, 0.15) is 19.3 Å². The minimum atomic E-state index is -1.82. The number of nitrogens with zero attached hydrogens (tertiary/aromatic N) is 1. The number of carbonyl (C=O) groups excluding carboxylic acids is 1. The molecule has 8 nitrogen and oxygen atoms in total. The maximum Gasteiger partial charge on any atom is 0.414 e. The van der Waals surface area contributed by atoms with Crippen molar-refractivity contribution in [2.75, 3.05) is 32.1 Å². The Hall–Kier alpha value is -2.61. The Bertz CT molecular complexity index is 540. The van der Waals surface area contributed by atoms with E-state index in [-0.39, 0.29) is 5.91 Å². The van der Waals surface area contributed by atoms with E-state index < -0.39 is 11.9 Å². The molecule has 1 aliphatic heterocycles. The molecule has 8 heteroatoms. The Labute approximate surface area is 140 Å². The molecule has 1 saturated heterocycles. The van der Waals surface area contributed by atoms with Gasteiger partial charge in [0.05, 0.1) is 13.7 Å². The van der Waals surface area contributed by atoms with E-state index in [1.54, 1.807) is 7.11 Å². The second-order valence-corrected chi connectivity index (χ2v) is 5.22. The van der Waals surface area contributed by atoms with Gasteiger partial charge in [0.2, 0.25) is 5.91 Å². The number of nitrogens with one attached hydrogen (secondary N) is 1. The summed E-state index contributed by atoms with van der Waals surface area (Å²) >= 11 is 0. The lowest BCUT2D eigenvalue weighted by Gasteiger charge is -2.25. The van der Waals surface area contributed by atoms with Crippen LogP contribution in [0.5, 0.6) is 5.75 Å². The largest absolute Gasteiger partial charge is 0.497 e. The van der Waals surface area contributed by atoms with Crippen LogP contribution in [-0.4, -0.2) is 59.7 Å². The average Bonchev–Trinajstić information content (AvgIpc) is 2.57. The lowest BCUT2D eigenvalue weighted by atomic mass is 10.1. The minimum absolute atomic E-state index is 0.0575. The molecular formula is C16H22N2O6. The molecule has 0 unspecified atom stereocenters. The molecule has 0 atom stereocenters. The molecule has 1 aromatic rings. The van der Waals surface area contributed by atoms with Crippen molar-refractivity contribution in [1.29, 1.82) is 0 Å². The third kappa shape index (κ3) is 7.59. The Morgan fingerprint density at radius 2 is 1.58 bits per heavy atom. The van der Waals surface area contributed by atoms with Gasteiger partial charge in [-0.05, 0) is 50.2 Å². The molecule has 2 rings (SSSR count). The Kier molecular flexibility index (Phi) is 8.28. The number of carboxylic acid groups (broad SMARTS) is 2. The van der Waals surface area contributed by atoms with Crippen molar-refractivity contribution >= 4 is 23.5 Å². The summed E-state index contributed by atoms with van der Waals surface area (Å²) in [5.41, 5.74) is 0.817. The number of anilines is 1. The van der Waals surface area contributed by atoms with E-state index in [4.69, 9.17) is 24.5 Å². The Balaban J connectivity index is 0.000000413. The Morgan fingerprint density at radius 3 is 2.04 bits per heavy atom. The summed E-state index contributed by atoms with van der Waals surface area (Å²) in [5, 5.41) is 17.7. The number of aliphatic carboxylic acids is 2. The molecule has 1 amide bonds. The normalized spacial score (nSPS) is 14.0. The summed E-state index contributed by atoms with van der Waals surface area (Å²) in [5.74, 6) is -2.80. The highest BCUT2D eigenvalue weighted by molar-refractivity contribution is 6.27. The monoisotopic (exact) mass is 338 g/mol. The van der Waals surface area contributed by atoms with E-state index in [1.807, 2.05) is 24.3 Å². The summed E-state index contributed by atoms with van der Waals surface area (Å²) in [6.45, 7) is 2.57. The third-order valence-corrected chi connectivity index (χ3v) is 3.37. The van der Waals surface area contributed by atoms with E-state index in [0.29, 0.717) is 6.54 Å². The zero-order valence-electron chi connectivity index (χ0n) is 13.5. The van der Waals surface area contributed by atoms with E-state index in [9.17, 15) is 4.79 Å². The van der Waals surface area contributed by atoms with Gasteiger partial charge in [-0.2, -0.15) is 0 Å². The third-order valence-electron chi connectivity index (χ3n) is 3.37. The van der Waals surface area contributed by atoms with Crippen molar-refractivity contribution in [3.63, 3.8) is 0 Å². The van der Waals surface area contributed by atoms with Crippen molar-refractivity contribution in [2.45, 2.75) is 19.3 Å². The van der Waals surface area contributed by atoms with Crippen molar-refractivity contribution in [3.05, 3.63) is 24.3 Å². The zero-order valence-corrected chi connectivity index (χ0v) is 13.5. The van der Waals surface area contributed by atoms with E-state index in [0.717, 1.165) is 24.5 Å². The fourth-order valence-corrected chi connectivity index (χ4v) is 2.20. The molecule has 132 valence electrons. The van der Waals surface area contributed by atoms with Crippen LogP contribution < -0.4 is 10.1 Å².